The van der Waals surface area contributed by atoms with Crippen molar-refractivity contribution in [2.24, 2.45) is 0 Å². The Labute approximate surface area is 112 Å². The van der Waals surface area contributed by atoms with E-state index in [0.717, 1.165) is 32.6 Å². The highest BCUT2D eigenvalue weighted by molar-refractivity contribution is 5.35. The van der Waals surface area contributed by atoms with Crippen molar-refractivity contribution in [2.45, 2.75) is 46.6 Å². The molecule has 0 radical (unpaired) electrons. The lowest BCUT2D eigenvalue weighted by Gasteiger charge is -2.21. The summed E-state index contributed by atoms with van der Waals surface area (Å²) in [5, 5.41) is 3.63. The Kier molecular flexibility index (Phi) is 6.99. The van der Waals surface area contributed by atoms with E-state index >= 15 is 0 Å². The van der Waals surface area contributed by atoms with Gasteiger partial charge in [-0.05, 0) is 56.8 Å². The average molecular weight is 249 g/mol. The third kappa shape index (κ3) is 4.43. The van der Waals surface area contributed by atoms with Gasteiger partial charge in [0.1, 0.15) is 0 Å². The van der Waals surface area contributed by atoms with Gasteiger partial charge in [-0.2, -0.15) is 0 Å². The fraction of sp³-hybridized carbons (Fsp3) is 0.625. The third-order valence-electron chi connectivity index (χ3n) is 3.42. The summed E-state index contributed by atoms with van der Waals surface area (Å²) in [6.45, 7) is 11.3. The Balaban J connectivity index is 2.76. The first-order valence-electron chi connectivity index (χ1n) is 7.07. The number of hydrogen-bond acceptors (Lipinski definition) is 2. The van der Waals surface area contributed by atoms with E-state index < -0.39 is 0 Å². The summed E-state index contributed by atoms with van der Waals surface area (Å²) in [7, 11) is 0. The van der Waals surface area contributed by atoms with Crippen LogP contribution in [0, 0.1) is 13.8 Å². The van der Waals surface area contributed by atoms with Crippen LogP contribution in [0.15, 0.2) is 18.2 Å². The molecule has 0 spiro atoms. The summed E-state index contributed by atoms with van der Waals surface area (Å²) in [6, 6.07) is 6.98. The van der Waals surface area contributed by atoms with E-state index in [-0.39, 0.29) is 0 Å². The van der Waals surface area contributed by atoms with Crippen molar-refractivity contribution in [1.29, 1.82) is 0 Å². The Bertz CT molecular complexity index is 349. The van der Waals surface area contributed by atoms with Gasteiger partial charge >= 0.3 is 0 Å². The number of ether oxygens (including phenoxy) is 1. The molecular formula is C16H27NO. The maximum Gasteiger partial charge on any atom is 0.0484 e. The van der Waals surface area contributed by atoms with Crippen molar-refractivity contribution in [2.75, 3.05) is 19.8 Å². The van der Waals surface area contributed by atoms with E-state index in [1.807, 2.05) is 6.92 Å². The minimum Gasteiger partial charge on any atom is -0.382 e. The fourth-order valence-electron chi connectivity index (χ4n) is 2.18. The first-order chi connectivity index (χ1) is 8.70. The summed E-state index contributed by atoms with van der Waals surface area (Å²) in [5.74, 6) is 0. The summed E-state index contributed by atoms with van der Waals surface area (Å²) >= 11 is 0. The number of aryl methyl sites for hydroxylation is 1. The molecule has 0 aromatic heterocycles. The van der Waals surface area contributed by atoms with Crippen LogP contribution in [0.25, 0.3) is 0 Å². The van der Waals surface area contributed by atoms with Crippen LogP contribution in [0.2, 0.25) is 0 Å². The largest absolute Gasteiger partial charge is 0.382 e. The van der Waals surface area contributed by atoms with Crippen LogP contribution < -0.4 is 5.32 Å². The lowest BCUT2D eigenvalue weighted by Crippen LogP contribution is -2.24. The molecule has 1 unspecified atom stereocenters. The first kappa shape index (κ1) is 15.2. The maximum absolute atomic E-state index is 5.50. The lowest BCUT2D eigenvalue weighted by atomic mass is 9.95. The van der Waals surface area contributed by atoms with Gasteiger partial charge in [0.05, 0.1) is 0 Å². The van der Waals surface area contributed by atoms with Gasteiger partial charge in [-0.15, -0.1) is 0 Å². The SMILES string of the molecule is CCCNC(CCOCC)c1cccc(C)c1C. The molecule has 2 heteroatoms. The quantitative estimate of drug-likeness (QED) is 0.708. The Morgan fingerprint density at radius 1 is 1.22 bits per heavy atom. The molecule has 0 heterocycles. The summed E-state index contributed by atoms with van der Waals surface area (Å²) < 4.78 is 5.50. The lowest BCUT2D eigenvalue weighted by molar-refractivity contribution is 0.136. The molecule has 1 aromatic carbocycles. The van der Waals surface area contributed by atoms with E-state index in [1.54, 1.807) is 0 Å². The summed E-state index contributed by atoms with van der Waals surface area (Å²) in [5.41, 5.74) is 4.19. The summed E-state index contributed by atoms with van der Waals surface area (Å²) in [4.78, 5) is 0. The van der Waals surface area contributed by atoms with Crippen molar-refractivity contribution in [1.82, 2.24) is 5.32 Å². The molecule has 1 N–H and O–H groups in total. The first-order valence-corrected chi connectivity index (χ1v) is 7.07. The van der Waals surface area contributed by atoms with Crippen LogP contribution in [0.1, 0.15) is 49.4 Å². The van der Waals surface area contributed by atoms with E-state index in [9.17, 15) is 0 Å². The van der Waals surface area contributed by atoms with Crippen LogP contribution in [-0.2, 0) is 4.74 Å². The molecule has 0 aliphatic rings. The van der Waals surface area contributed by atoms with Gasteiger partial charge in [0, 0.05) is 19.3 Å². The van der Waals surface area contributed by atoms with E-state index in [1.165, 1.54) is 16.7 Å². The maximum atomic E-state index is 5.50. The second kappa shape index (κ2) is 8.28. The predicted molar refractivity (Wildman–Crippen MR) is 78.1 cm³/mol. The Morgan fingerprint density at radius 3 is 2.67 bits per heavy atom. The Morgan fingerprint density at radius 2 is 2.00 bits per heavy atom. The normalized spacial score (nSPS) is 12.7. The highest BCUT2D eigenvalue weighted by atomic mass is 16.5. The minimum absolute atomic E-state index is 0.413. The van der Waals surface area contributed by atoms with Crippen molar-refractivity contribution >= 4 is 0 Å². The average Bonchev–Trinajstić information content (AvgIpc) is 2.37. The number of rotatable bonds is 8. The molecule has 0 aliphatic heterocycles. The molecule has 18 heavy (non-hydrogen) atoms. The van der Waals surface area contributed by atoms with Crippen molar-refractivity contribution < 1.29 is 4.74 Å². The zero-order chi connectivity index (χ0) is 13.4. The van der Waals surface area contributed by atoms with Crippen LogP contribution in [0.4, 0.5) is 0 Å². The van der Waals surface area contributed by atoms with Gasteiger partial charge < -0.3 is 10.1 Å². The molecular weight excluding hydrogens is 222 g/mol. The van der Waals surface area contributed by atoms with Gasteiger partial charge in [-0.25, -0.2) is 0 Å². The van der Waals surface area contributed by atoms with E-state index in [0.29, 0.717) is 6.04 Å². The molecule has 1 rings (SSSR count). The van der Waals surface area contributed by atoms with Crippen molar-refractivity contribution in [3.8, 4) is 0 Å². The zero-order valence-electron chi connectivity index (χ0n) is 12.3. The van der Waals surface area contributed by atoms with E-state index in [4.69, 9.17) is 4.74 Å². The smallest absolute Gasteiger partial charge is 0.0484 e. The molecule has 0 amide bonds. The molecule has 0 saturated carbocycles. The van der Waals surface area contributed by atoms with Gasteiger partial charge in [-0.1, -0.05) is 25.1 Å². The van der Waals surface area contributed by atoms with Gasteiger partial charge in [0.15, 0.2) is 0 Å². The second-order valence-corrected chi connectivity index (χ2v) is 4.78. The van der Waals surface area contributed by atoms with Gasteiger partial charge in [-0.3, -0.25) is 0 Å². The molecule has 0 saturated heterocycles. The van der Waals surface area contributed by atoms with Crippen molar-refractivity contribution in [3.63, 3.8) is 0 Å². The molecule has 1 aromatic rings. The standard InChI is InChI=1S/C16H27NO/c1-5-11-17-16(10-12-18-6-2)15-9-7-8-13(3)14(15)4/h7-9,16-17H,5-6,10-12H2,1-4H3. The number of nitrogens with one attached hydrogen (secondary N) is 1. The predicted octanol–water partition coefficient (Wildman–Crippen LogP) is 3.77. The molecule has 102 valence electrons. The fourth-order valence-corrected chi connectivity index (χ4v) is 2.18. The zero-order valence-corrected chi connectivity index (χ0v) is 12.3. The highest BCUT2D eigenvalue weighted by Crippen LogP contribution is 2.23. The molecule has 1 atom stereocenters. The van der Waals surface area contributed by atoms with Crippen molar-refractivity contribution in [3.05, 3.63) is 34.9 Å². The Hall–Kier alpha value is -0.860. The summed E-state index contributed by atoms with van der Waals surface area (Å²) in [6.07, 6.45) is 2.20. The van der Waals surface area contributed by atoms with Crippen LogP contribution in [-0.4, -0.2) is 19.8 Å². The monoisotopic (exact) mass is 249 g/mol. The van der Waals surface area contributed by atoms with Gasteiger partial charge in [0.2, 0.25) is 0 Å². The minimum atomic E-state index is 0.413. The molecule has 0 aliphatic carbocycles. The van der Waals surface area contributed by atoms with Crippen LogP contribution in [0.5, 0.6) is 0 Å². The van der Waals surface area contributed by atoms with Gasteiger partial charge in [0.25, 0.3) is 0 Å². The number of hydrogen-bond donors (Lipinski definition) is 1. The molecule has 0 fully saturated rings. The highest BCUT2D eigenvalue weighted by Gasteiger charge is 2.13. The number of benzene rings is 1. The molecule has 0 bridgehead atoms. The van der Waals surface area contributed by atoms with E-state index in [2.05, 4.69) is 44.3 Å². The van der Waals surface area contributed by atoms with Crippen LogP contribution in [0.3, 0.4) is 0 Å². The second-order valence-electron chi connectivity index (χ2n) is 4.78. The molecule has 2 nitrogen and oxygen atoms in total. The third-order valence-corrected chi connectivity index (χ3v) is 3.42. The van der Waals surface area contributed by atoms with Crippen LogP contribution >= 0.6 is 0 Å². The topological polar surface area (TPSA) is 21.3 Å².